The van der Waals surface area contributed by atoms with Crippen molar-refractivity contribution in [3.8, 4) is 0 Å². The first-order valence-electron chi connectivity index (χ1n) is 10.7. The van der Waals surface area contributed by atoms with Gasteiger partial charge in [0.1, 0.15) is 11.6 Å². The van der Waals surface area contributed by atoms with E-state index in [2.05, 4.69) is 0 Å². The highest BCUT2D eigenvalue weighted by Crippen LogP contribution is 2.42. The Balaban J connectivity index is 1.72. The summed E-state index contributed by atoms with van der Waals surface area (Å²) in [4.78, 5) is 27.9. The lowest BCUT2D eigenvalue weighted by molar-refractivity contribution is -0.140. The van der Waals surface area contributed by atoms with Crippen LogP contribution in [0, 0.1) is 5.82 Å². The van der Waals surface area contributed by atoms with E-state index in [0.717, 1.165) is 16.3 Å². The number of likely N-dealkylation sites (tertiary alicyclic amines) is 1. The van der Waals surface area contributed by atoms with E-state index in [-0.39, 0.29) is 23.7 Å². The van der Waals surface area contributed by atoms with Crippen LogP contribution in [0.25, 0.3) is 16.5 Å². The van der Waals surface area contributed by atoms with Gasteiger partial charge in [0.25, 0.3) is 11.7 Å². The molecule has 1 atom stereocenters. The molecule has 1 saturated heterocycles. The zero-order valence-electron chi connectivity index (χ0n) is 17.9. The van der Waals surface area contributed by atoms with Crippen LogP contribution < -0.4 is 0 Å². The maximum atomic E-state index is 13.5. The minimum Gasteiger partial charge on any atom is -0.507 e. The standard InChI is InChI=1S/C28H19ClFNO3/c29-20-12-10-19(11-13-20)26(32)24-25(23-7-3-5-18-4-1-2-6-22(18)23)31(28(34)27(24)33)16-17-8-14-21(30)15-9-17/h1-15,25,32H,16H2/b26-24-. The Morgan fingerprint density at radius 3 is 2.29 bits per heavy atom. The average molecular weight is 472 g/mol. The van der Waals surface area contributed by atoms with Gasteiger partial charge in [0.2, 0.25) is 0 Å². The van der Waals surface area contributed by atoms with Crippen LogP contribution in [0.4, 0.5) is 4.39 Å². The fourth-order valence-corrected chi connectivity index (χ4v) is 4.53. The van der Waals surface area contributed by atoms with Crippen molar-refractivity contribution in [3.63, 3.8) is 0 Å². The van der Waals surface area contributed by atoms with Crippen molar-refractivity contribution in [2.24, 2.45) is 0 Å². The molecular formula is C28H19ClFNO3. The van der Waals surface area contributed by atoms with Gasteiger partial charge in [-0.15, -0.1) is 0 Å². The van der Waals surface area contributed by atoms with E-state index in [9.17, 15) is 19.1 Å². The second-order valence-corrected chi connectivity index (χ2v) is 8.57. The number of Topliss-reactive ketones (excluding diaryl/α,β-unsaturated/α-hetero) is 1. The first-order chi connectivity index (χ1) is 16.4. The van der Waals surface area contributed by atoms with Crippen LogP contribution in [-0.4, -0.2) is 21.7 Å². The number of nitrogens with zero attached hydrogens (tertiary/aromatic N) is 1. The third-order valence-electron chi connectivity index (χ3n) is 6.04. The van der Waals surface area contributed by atoms with Gasteiger partial charge >= 0.3 is 0 Å². The molecule has 1 unspecified atom stereocenters. The smallest absolute Gasteiger partial charge is 0.295 e. The monoisotopic (exact) mass is 471 g/mol. The summed E-state index contributed by atoms with van der Waals surface area (Å²) >= 11 is 5.99. The minimum atomic E-state index is -0.827. The Bertz CT molecular complexity index is 1440. The van der Waals surface area contributed by atoms with Crippen LogP contribution in [0.1, 0.15) is 22.7 Å². The lowest BCUT2D eigenvalue weighted by Crippen LogP contribution is -2.29. The summed E-state index contributed by atoms with van der Waals surface area (Å²) < 4.78 is 13.5. The summed E-state index contributed by atoms with van der Waals surface area (Å²) in [6, 6.07) is 24.7. The molecule has 0 bridgehead atoms. The predicted molar refractivity (Wildman–Crippen MR) is 130 cm³/mol. The predicted octanol–water partition coefficient (Wildman–Crippen LogP) is 6.25. The van der Waals surface area contributed by atoms with Gasteiger partial charge < -0.3 is 10.0 Å². The highest BCUT2D eigenvalue weighted by molar-refractivity contribution is 6.46. The number of ketones is 1. The van der Waals surface area contributed by atoms with Crippen LogP contribution in [0.3, 0.4) is 0 Å². The second kappa shape index (κ2) is 8.76. The molecule has 0 spiro atoms. The van der Waals surface area contributed by atoms with Crippen LogP contribution in [0.2, 0.25) is 5.02 Å². The number of hydrogen-bond donors (Lipinski definition) is 1. The number of carbonyl (C=O) groups is 2. The molecule has 34 heavy (non-hydrogen) atoms. The Labute approximate surface area is 200 Å². The molecule has 4 nitrogen and oxygen atoms in total. The van der Waals surface area contributed by atoms with Crippen molar-refractivity contribution < 1.29 is 19.1 Å². The summed E-state index contributed by atoms with van der Waals surface area (Å²) in [6.07, 6.45) is 0. The third-order valence-corrected chi connectivity index (χ3v) is 6.29. The molecule has 1 fully saturated rings. The Hall–Kier alpha value is -3.96. The van der Waals surface area contributed by atoms with Gasteiger partial charge in [-0.3, -0.25) is 9.59 Å². The molecule has 1 aliphatic heterocycles. The largest absolute Gasteiger partial charge is 0.507 e. The van der Waals surface area contributed by atoms with Crippen molar-refractivity contribution in [1.82, 2.24) is 4.90 Å². The Morgan fingerprint density at radius 1 is 0.882 bits per heavy atom. The number of halogens is 2. The SMILES string of the molecule is O=C1C(=O)N(Cc2ccc(F)cc2)C(c2cccc3ccccc23)/C1=C(/O)c1ccc(Cl)cc1. The summed E-state index contributed by atoms with van der Waals surface area (Å²) in [6.45, 7) is 0.0795. The molecule has 0 aromatic heterocycles. The lowest BCUT2D eigenvalue weighted by Gasteiger charge is -2.26. The molecule has 0 saturated carbocycles. The topological polar surface area (TPSA) is 57.6 Å². The first kappa shape index (κ1) is 21.9. The average Bonchev–Trinajstić information content (AvgIpc) is 3.10. The Kier molecular flexibility index (Phi) is 5.64. The molecule has 0 aliphatic carbocycles. The van der Waals surface area contributed by atoms with E-state index in [1.807, 2.05) is 42.5 Å². The van der Waals surface area contributed by atoms with Gasteiger partial charge in [-0.25, -0.2) is 4.39 Å². The number of aliphatic hydroxyl groups excluding tert-OH is 1. The highest BCUT2D eigenvalue weighted by Gasteiger charge is 2.46. The van der Waals surface area contributed by atoms with Crippen LogP contribution >= 0.6 is 11.6 Å². The number of rotatable bonds is 4. The van der Waals surface area contributed by atoms with Gasteiger partial charge in [-0.1, -0.05) is 66.2 Å². The maximum Gasteiger partial charge on any atom is 0.295 e. The molecule has 0 radical (unpaired) electrons. The summed E-state index contributed by atoms with van der Waals surface area (Å²) in [5, 5.41) is 13.5. The van der Waals surface area contributed by atoms with Gasteiger partial charge in [0.15, 0.2) is 0 Å². The second-order valence-electron chi connectivity index (χ2n) is 8.13. The summed E-state index contributed by atoms with van der Waals surface area (Å²) in [5.41, 5.74) is 1.77. The van der Waals surface area contributed by atoms with Crippen LogP contribution in [0.15, 0.2) is 96.6 Å². The number of hydrogen-bond acceptors (Lipinski definition) is 3. The van der Waals surface area contributed by atoms with Crippen molar-refractivity contribution in [1.29, 1.82) is 0 Å². The maximum absolute atomic E-state index is 13.5. The van der Waals surface area contributed by atoms with E-state index < -0.39 is 17.7 Å². The van der Waals surface area contributed by atoms with Gasteiger partial charge in [-0.2, -0.15) is 0 Å². The molecule has 168 valence electrons. The van der Waals surface area contributed by atoms with Crippen LogP contribution in [-0.2, 0) is 16.1 Å². The summed E-state index contributed by atoms with van der Waals surface area (Å²) in [7, 11) is 0. The highest BCUT2D eigenvalue weighted by atomic mass is 35.5. The number of fused-ring (bicyclic) bond motifs is 1. The van der Waals surface area contributed by atoms with Crippen molar-refractivity contribution in [2.75, 3.05) is 0 Å². The number of aliphatic hydroxyl groups is 1. The molecule has 5 rings (SSSR count). The molecule has 6 heteroatoms. The number of benzene rings is 4. The molecule has 4 aromatic carbocycles. The van der Waals surface area contributed by atoms with E-state index in [0.29, 0.717) is 16.1 Å². The summed E-state index contributed by atoms with van der Waals surface area (Å²) in [5.74, 6) is -2.15. The van der Waals surface area contributed by atoms with E-state index in [1.165, 1.54) is 17.0 Å². The molecular weight excluding hydrogens is 453 g/mol. The molecule has 1 amide bonds. The fraction of sp³-hybridized carbons (Fsp3) is 0.0714. The normalized spacial score (nSPS) is 17.5. The Morgan fingerprint density at radius 2 is 1.56 bits per heavy atom. The van der Waals surface area contributed by atoms with E-state index >= 15 is 0 Å². The van der Waals surface area contributed by atoms with Gasteiger partial charge in [0.05, 0.1) is 11.6 Å². The molecule has 1 N–H and O–H groups in total. The number of amides is 1. The van der Waals surface area contributed by atoms with Gasteiger partial charge in [-0.05, 0) is 58.3 Å². The van der Waals surface area contributed by atoms with Crippen LogP contribution in [0.5, 0.6) is 0 Å². The molecule has 4 aromatic rings. The van der Waals surface area contributed by atoms with Crippen molar-refractivity contribution >= 4 is 39.8 Å². The number of carbonyl (C=O) groups excluding carboxylic acids is 2. The minimum absolute atomic E-state index is 0.00536. The van der Waals surface area contributed by atoms with E-state index in [4.69, 9.17) is 11.6 Å². The third kappa shape index (κ3) is 3.84. The van der Waals surface area contributed by atoms with Crippen molar-refractivity contribution in [2.45, 2.75) is 12.6 Å². The van der Waals surface area contributed by atoms with Crippen molar-refractivity contribution in [3.05, 3.63) is 124 Å². The first-order valence-corrected chi connectivity index (χ1v) is 11.1. The molecule has 1 aliphatic rings. The quantitative estimate of drug-likeness (QED) is 0.217. The van der Waals surface area contributed by atoms with Gasteiger partial charge in [0, 0.05) is 17.1 Å². The lowest BCUT2D eigenvalue weighted by atomic mass is 9.91. The zero-order chi connectivity index (χ0) is 23.8. The molecule has 1 heterocycles. The zero-order valence-corrected chi connectivity index (χ0v) is 18.7. The van der Waals surface area contributed by atoms with E-state index in [1.54, 1.807) is 36.4 Å². The fourth-order valence-electron chi connectivity index (χ4n) is 4.41.